The van der Waals surface area contributed by atoms with Crippen molar-refractivity contribution in [3.63, 3.8) is 0 Å². The first kappa shape index (κ1) is 16.5. The summed E-state index contributed by atoms with van der Waals surface area (Å²) in [5.74, 6) is -0.272. The average Bonchev–Trinajstić information content (AvgIpc) is 2.48. The number of halogens is 1. The van der Waals surface area contributed by atoms with Gasteiger partial charge in [-0.15, -0.1) is 0 Å². The largest absolute Gasteiger partial charge is 0.466 e. The summed E-state index contributed by atoms with van der Waals surface area (Å²) in [6.07, 6.45) is 2.40. The van der Waals surface area contributed by atoms with Gasteiger partial charge < -0.3 is 9.47 Å². The van der Waals surface area contributed by atoms with Crippen LogP contribution in [-0.2, 0) is 20.7 Å². The quantitative estimate of drug-likeness (QED) is 0.623. The number of hydrogen-bond donors (Lipinski definition) is 1. The summed E-state index contributed by atoms with van der Waals surface area (Å²) in [5, 5.41) is 7.94. The zero-order chi connectivity index (χ0) is 15.9. The van der Waals surface area contributed by atoms with Crippen LogP contribution in [-0.4, -0.2) is 36.0 Å². The number of aromatic nitrogens is 2. The number of rotatable bonds is 7. The molecule has 0 saturated heterocycles. The lowest BCUT2D eigenvalue weighted by Gasteiger charge is -2.08. The zero-order valence-electron chi connectivity index (χ0n) is 12.2. The van der Waals surface area contributed by atoms with Crippen molar-refractivity contribution < 1.29 is 14.3 Å². The van der Waals surface area contributed by atoms with Gasteiger partial charge in [0.25, 0.3) is 5.56 Å². The Kier molecular flexibility index (Phi) is 5.91. The molecule has 0 aliphatic carbocycles. The maximum Gasteiger partial charge on any atom is 0.308 e. The van der Waals surface area contributed by atoms with Crippen molar-refractivity contribution in [3.05, 3.63) is 39.3 Å². The summed E-state index contributed by atoms with van der Waals surface area (Å²) in [4.78, 5) is 22.9. The van der Waals surface area contributed by atoms with Gasteiger partial charge in [0.05, 0.1) is 37.8 Å². The van der Waals surface area contributed by atoms with Crippen molar-refractivity contribution in [2.24, 2.45) is 0 Å². The predicted octanol–water partition coefficient (Wildman–Crippen LogP) is 2.09. The van der Waals surface area contributed by atoms with E-state index in [1.807, 2.05) is 0 Å². The molecule has 0 aliphatic heterocycles. The standard InChI is InChI=1S/C15H17ClN2O4/c1-2-22-14(19)4-6-21-5-3-10-7-11(16)8-12-13(10)9-17-18-15(12)20/h7-9H,2-6H2,1H3,(H,18,20). The molecule has 0 saturated carbocycles. The van der Waals surface area contributed by atoms with Crippen LogP contribution < -0.4 is 5.56 Å². The lowest BCUT2D eigenvalue weighted by atomic mass is 10.1. The molecule has 22 heavy (non-hydrogen) atoms. The van der Waals surface area contributed by atoms with Gasteiger partial charge in [0.1, 0.15) is 0 Å². The second kappa shape index (κ2) is 7.91. The highest BCUT2D eigenvalue weighted by molar-refractivity contribution is 6.31. The van der Waals surface area contributed by atoms with E-state index in [0.717, 1.165) is 10.9 Å². The Labute approximate surface area is 132 Å². The topological polar surface area (TPSA) is 81.3 Å². The van der Waals surface area contributed by atoms with Crippen LogP contribution in [0, 0.1) is 0 Å². The lowest BCUT2D eigenvalue weighted by Crippen LogP contribution is -2.11. The number of esters is 1. The summed E-state index contributed by atoms with van der Waals surface area (Å²) in [6.45, 7) is 2.85. The smallest absolute Gasteiger partial charge is 0.308 e. The highest BCUT2D eigenvalue weighted by atomic mass is 35.5. The van der Waals surface area contributed by atoms with E-state index >= 15 is 0 Å². The molecule has 1 N–H and O–H groups in total. The Bertz CT molecular complexity index is 714. The molecule has 0 spiro atoms. The van der Waals surface area contributed by atoms with E-state index in [2.05, 4.69) is 10.2 Å². The van der Waals surface area contributed by atoms with Crippen molar-refractivity contribution in [3.8, 4) is 0 Å². The Morgan fingerprint density at radius 1 is 1.32 bits per heavy atom. The third kappa shape index (κ3) is 4.29. The molecule has 2 rings (SSSR count). The molecule has 1 heterocycles. The Morgan fingerprint density at radius 2 is 2.14 bits per heavy atom. The van der Waals surface area contributed by atoms with Gasteiger partial charge >= 0.3 is 5.97 Å². The highest BCUT2D eigenvalue weighted by Crippen LogP contribution is 2.21. The van der Waals surface area contributed by atoms with Crippen LogP contribution >= 0.6 is 11.6 Å². The third-order valence-corrected chi connectivity index (χ3v) is 3.32. The minimum absolute atomic E-state index is 0.228. The second-order valence-electron chi connectivity index (χ2n) is 4.64. The fourth-order valence-corrected chi connectivity index (χ4v) is 2.35. The van der Waals surface area contributed by atoms with Crippen molar-refractivity contribution in [1.29, 1.82) is 0 Å². The number of benzene rings is 1. The van der Waals surface area contributed by atoms with E-state index in [9.17, 15) is 9.59 Å². The third-order valence-electron chi connectivity index (χ3n) is 3.11. The first-order valence-electron chi connectivity index (χ1n) is 7.01. The number of ether oxygens (including phenoxy) is 2. The molecule has 0 atom stereocenters. The number of fused-ring (bicyclic) bond motifs is 1. The molecule has 0 fully saturated rings. The minimum Gasteiger partial charge on any atom is -0.466 e. The number of nitrogens with zero attached hydrogens (tertiary/aromatic N) is 1. The van der Waals surface area contributed by atoms with E-state index in [-0.39, 0.29) is 17.9 Å². The monoisotopic (exact) mass is 324 g/mol. The zero-order valence-corrected chi connectivity index (χ0v) is 13.0. The van der Waals surface area contributed by atoms with E-state index < -0.39 is 0 Å². The highest BCUT2D eigenvalue weighted by Gasteiger charge is 2.07. The molecule has 0 bridgehead atoms. The molecule has 6 nitrogen and oxygen atoms in total. The lowest BCUT2D eigenvalue weighted by molar-refractivity contribution is -0.144. The maximum absolute atomic E-state index is 11.7. The Morgan fingerprint density at radius 3 is 2.91 bits per heavy atom. The van der Waals surface area contributed by atoms with Crippen molar-refractivity contribution >= 4 is 28.3 Å². The van der Waals surface area contributed by atoms with Crippen molar-refractivity contribution in [1.82, 2.24) is 10.2 Å². The van der Waals surface area contributed by atoms with Crippen LogP contribution in [0.3, 0.4) is 0 Å². The van der Waals surface area contributed by atoms with Crippen molar-refractivity contribution in [2.45, 2.75) is 19.8 Å². The Balaban J connectivity index is 1.96. The molecule has 1 aromatic heterocycles. The first-order chi connectivity index (χ1) is 10.6. The molecule has 7 heteroatoms. The molecule has 118 valence electrons. The predicted molar refractivity (Wildman–Crippen MR) is 83.1 cm³/mol. The second-order valence-corrected chi connectivity index (χ2v) is 5.08. The molecule has 1 aromatic carbocycles. The molecular formula is C15H17ClN2O4. The van der Waals surface area contributed by atoms with Gasteiger partial charge in [-0.2, -0.15) is 5.10 Å². The van der Waals surface area contributed by atoms with Crippen LogP contribution in [0.15, 0.2) is 23.1 Å². The van der Waals surface area contributed by atoms with Crippen LogP contribution in [0.5, 0.6) is 0 Å². The van der Waals surface area contributed by atoms with Gasteiger partial charge in [0, 0.05) is 10.4 Å². The molecule has 0 aliphatic rings. The van der Waals surface area contributed by atoms with Gasteiger partial charge in [-0.05, 0) is 31.0 Å². The van der Waals surface area contributed by atoms with E-state index in [0.29, 0.717) is 36.7 Å². The van der Waals surface area contributed by atoms with Gasteiger partial charge in [-0.1, -0.05) is 11.6 Å². The van der Waals surface area contributed by atoms with E-state index in [1.165, 1.54) is 0 Å². The van der Waals surface area contributed by atoms with Crippen LogP contribution in [0.2, 0.25) is 5.02 Å². The number of H-pyrrole nitrogens is 1. The summed E-state index contributed by atoms with van der Waals surface area (Å²) >= 11 is 6.04. The molecule has 0 radical (unpaired) electrons. The van der Waals surface area contributed by atoms with Gasteiger partial charge in [0.15, 0.2) is 0 Å². The number of hydrogen-bond acceptors (Lipinski definition) is 5. The molecular weight excluding hydrogens is 308 g/mol. The van der Waals surface area contributed by atoms with Crippen LogP contribution in [0.25, 0.3) is 10.8 Å². The first-order valence-corrected chi connectivity index (χ1v) is 7.38. The maximum atomic E-state index is 11.7. The van der Waals surface area contributed by atoms with Crippen LogP contribution in [0.1, 0.15) is 18.9 Å². The Hall–Kier alpha value is -1.92. The molecule has 0 amide bonds. The van der Waals surface area contributed by atoms with Crippen molar-refractivity contribution in [2.75, 3.05) is 19.8 Å². The summed E-state index contributed by atoms with van der Waals surface area (Å²) in [5.41, 5.74) is 0.613. The average molecular weight is 325 g/mol. The van der Waals surface area contributed by atoms with Gasteiger partial charge in [-0.3, -0.25) is 9.59 Å². The number of carbonyl (C=O) groups excluding carboxylic acids is 1. The van der Waals surface area contributed by atoms with Crippen LogP contribution in [0.4, 0.5) is 0 Å². The molecule has 2 aromatic rings. The van der Waals surface area contributed by atoms with E-state index in [4.69, 9.17) is 21.1 Å². The number of carbonyl (C=O) groups is 1. The van der Waals surface area contributed by atoms with Gasteiger partial charge in [0.2, 0.25) is 0 Å². The minimum atomic E-state index is -0.274. The summed E-state index contributed by atoms with van der Waals surface area (Å²) < 4.78 is 10.2. The SMILES string of the molecule is CCOC(=O)CCOCCc1cc(Cl)cc2c(=O)[nH]ncc12. The number of nitrogens with one attached hydrogen (secondary N) is 1. The fraction of sp³-hybridized carbons (Fsp3) is 0.400. The van der Waals surface area contributed by atoms with Gasteiger partial charge in [-0.25, -0.2) is 5.10 Å². The molecule has 0 unspecified atom stereocenters. The van der Waals surface area contributed by atoms with E-state index in [1.54, 1.807) is 25.3 Å². The number of aromatic amines is 1. The summed E-state index contributed by atoms with van der Waals surface area (Å²) in [7, 11) is 0. The summed E-state index contributed by atoms with van der Waals surface area (Å²) in [6, 6.07) is 3.40. The fourth-order valence-electron chi connectivity index (χ4n) is 2.11. The normalized spacial score (nSPS) is 10.8.